The Balaban J connectivity index is 2.72. The molecule has 19 heavy (non-hydrogen) atoms. The number of nitrogens with one attached hydrogen (secondary N) is 2. The molecule has 0 aromatic carbocycles. The Labute approximate surface area is 108 Å². The van der Waals surface area contributed by atoms with Crippen molar-refractivity contribution in [2.45, 2.75) is 32.0 Å². The highest BCUT2D eigenvalue weighted by molar-refractivity contribution is 5.42. The molecule has 0 aliphatic heterocycles. The minimum absolute atomic E-state index is 0.0286. The van der Waals surface area contributed by atoms with Crippen LogP contribution >= 0.6 is 0 Å². The van der Waals surface area contributed by atoms with Gasteiger partial charge in [-0.1, -0.05) is 0 Å². The predicted molar refractivity (Wildman–Crippen MR) is 64.2 cm³/mol. The first-order valence-corrected chi connectivity index (χ1v) is 5.67. The van der Waals surface area contributed by atoms with Gasteiger partial charge in [-0.15, -0.1) is 0 Å². The van der Waals surface area contributed by atoms with Gasteiger partial charge in [0.25, 0.3) is 0 Å². The normalized spacial score (nSPS) is 13.2. The van der Waals surface area contributed by atoms with Gasteiger partial charge >= 0.3 is 6.18 Å². The summed E-state index contributed by atoms with van der Waals surface area (Å²) >= 11 is 0. The van der Waals surface area contributed by atoms with Gasteiger partial charge in [0, 0.05) is 12.6 Å². The lowest BCUT2D eigenvalue weighted by Crippen LogP contribution is -2.17. The summed E-state index contributed by atoms with van der Waals surface area (Å²) in [5.74, 6) is 4.74. The number of halogens is 3. The molecule has 0 amide bonds. The number of hydrazine groups is 1. The van der Waals surface area contributed by atoms with Crippen LogP contribution in [0.2, 0.25) is 0 Å². The molecule has 6 nitrogen and oxygen atoms in total. The summed E-state index contributed by atoms with van der Waals surface area (Å²) in [6.07, 6.45) is -3.86. The molecule has 1 heterocycles. The first-order valence-electron chi connectivity index (χ1n) is 5.67. The molecule has 0 saturated carbocycles. The Morgan fingerprint density at radius 2 is 2.11 bits per heavy atom. The highest BCUT2D eigenvalue weighted by atomic mass is 19.4. The molecule has 9 heteroatoms. The van der Waals surface area contributed by atoms with E-state index in [1.165, 1.54) is 0 Å². The average Bonchev–Trinajstić information content (AvgIpc) is 2.33. The number of hydrogen-bond acceptors (Lipinski definition) is 6. The minimum atomic E-state index is -4.56. The van der Waals surface area contributed by atoms with E-state index in [0.29, 0.717) is 19.4 Å². The van der Waals surface area contributed by atoms with E-state index in [-0.39, 0.29) is 11.8 Å². The fraction of sp³-hybridized carbons (Fsp3) is 0.600. The van der Waals surface area contributed by atoms with E-state index in [4.69, 9.17) is 10.9 Å². The van der Waals surface area contributed by atoms with Crippen LogP contribution in [0.25, 0.3) is 0 Å². The van der Waals surface area contributed by atoms with Crippen molar-refractivity contribution in [2.24, 2.45) is 5.84 Å². The summed E-state index contributed by atoms with van der Waals surface area (Å²) in [4.78, 5) is 6.99. The standard InChI is InChI=1S/C10H16F3N5O/c1-6(19)3-2-4-15-8-5-7(10(11,12)13)16-9(17-8)18-14/h5-6,19H,2-4,14H2,1H3,(H2,15,16,17,18). The van der Waals surface area contributed by atoms with Gasteiger partial charge in [0.15, 0.2) is 5.69 Å². The van der Waals surface area contributed by atoms with Crippen molar-refractivity contribution in [3.63, 3.8) is 0 Å². The van der Waals surface area contributed by atoms with E-state index in [0.717, 1.165) is 6.07 Å². The van der Waals surface area contributed by atoms with E-state index in [9.17, 15) is 13.2 Å². The van der Waals surface area contributed by atoms with Crippen molar-refractivity contribution in [3.05, 3.63) is 11.8 Å². The summed E-state index contributed by atoms with van der Waals surface area (Å²) in [6, 6.07) is 0.809. The number of aliphatic hydroxyl groups is 1. The number of alkyl halides is 3. The summed E-state index contributed by atoms with van der Waals surface area (Å²) in [5, 5.41) is 11.8. The average molecular weight is 279 g/mol. The van der Waals surface area contributed by atoms with Crippen LogP contribution in [-0.4, -0.2) is 27.7 Å². The monoisotopic (exact) mass is 279 g/mol. The van der Waals surface area contributed by atoms with Gasteiger partial charge in [0.2, 0.25) is 5.95 Å². The van der Waals surface area contributed by atoms with Crippen molar-refractivity contribution in [1.82, 2.24) is 9.97 Å². The molecule has 0 fully saturated rings. The van der Waals surface area contributed by atoms with Gasteiger partial charge in [-0.25, -0.2) is 10.8 Å². The van der Waals surface area contributed by atoms with Gasteiger partial charge in [0.1, 0.15) is 5.82 Å². The fourth-order valence-corrected chi connectivity index (χ4v) is 1.36. The van der Waals surface area contributed by atoms with Crippen molar-refractivity contribution < 1.29 is 18.3 Å². The Kier molecular flexibility index (Phi) is 5.31. The van der Waals surface area contributed by atoms with Crippen LogP contribution in [-0.2, 0) is 6.18 Å². The zero-order valence-electron chi connectivity index (χ0n) is 10.3. The lowest BCUT2D eigenvalue weighted by atomic mass is 10.2. The molecular formula is C10H16F3N5O. The highest BCUT2D eigenvalue weighted by Crippen LogP contribution is 2.29. The number of nitrogen functional groups attached to an aromatic ring is 1. The second-order valence-corrected chi connectivity index (χ2v) is 4.02. The Bertz CT molecular complexity index is 411. The molecule has 0 radical (unpaired) electrons. The van der Waals surface area contributed by atoms with Gasteiger partial charge in [-0.3, -0.25) is 5.43 Å². The van der Waals surface area contributed by atoms with E-state index in [1.54, 1.807) is 6.92 Å². The smallest absolute Gasteiger partial charge is 0.393 e. The molecule has 1 rings (SSSR count). The van der Waals surface area contributed by atoms with Crippen LogP contribution in [0.5, 0.6) is 0 Å². The largest absolute Gasteiger partial charge is 0.433 e. The molecule has 1 aromatic rings. The highest BCUT2D eigenvalue weighted by Gasteiger charge is 2.33. The van der Waals surface area contributed by atoms with Crippen molar-refractivity contribution in [2.75, 3.05) is 17.3 Å². The molecule has 108 valence electrons. The Morgan fingerprint density at radius 3 is 2.63 bits per heavy atom. The molecule has 0 aliphatic rings. The Hall–Kier alpha value is -1.61. The maximum Gasteiger partial charge on any atom is 0.433 e. The summed E-state index contributed by atoms with van der Waals surface area (Å²) in [7, 11) is 0. The molecule has 0 aliphatic carbocycles. The third kappa shape index (κ3) is 5.26. The van der Waals surface area contributed by atoms with Crippen molar-refractivity contribution in [1.29, 1.82) is 0 Å². The van der Waals surface area contributed by atoms with Crippen LogP contribution in [0, 0.1) is 0 Å². The van der Waals surface area contributed by atoms with E-state index in [1.807, 2.05) is 5.43 Å². The van der Waals surface area contributed by atoms with Crippen LogP contribution < -0.4 is 16.6 Å². The number of nitrogens with two attached hydrogens (primary N) is 1. The molecule has 0 spiro atoms. The molecular weight excluding hydrogens is 263 g/mol. The number of anilines is 2. The fourth-order valence-electron chi connectivity index (χ4n) is 1.36. The lowest BCUT2D eigenvalue weighted by molar-refractivity contribution is -0.141. The molecule has 0 bridgehead atoms. The van der Waals surface area contributed by atoms with Gasteiger partial charge in [-0.2, -0.15) is 18.2 Å². The first kappa shape index (κ1) is 15.4. The third-order valence-corrected chi connectivity index (χ3v) is 2.25. The SMILES string of the molecule is CC(O)CCCNc1cc(C(F)(F)F)nc(NN)n1. The maximum atomic E-state index is 12.6. The third-order valence-electron chi connectivity index (χ3n) is 2.25. The summed E-state index contributed by atoms with van der Waals surface area (Å²) in [5.41, 5.74) is 0.911. The predicted octanol–water partition coefficient (Wildman–Crippen LogP) is 1.35. The number of aromatic nitrogens is 2. The van der Waals surface area contributed by atoms with Crippen LogP contribution in [0.3, 0.4) is 0 Å². The zero-order valence-corrected chi connectivity index (χ0v) is 10.3. The molecule has 0 saturated heterocycles. The van der Waals surface area contributed by atoms with Gasteiger partial charge < -0.3 is 10.4 Å². The summed E-state index contributed by atoms with van der Waals surface area (Å²) in [6.45, 7) is 2.03. The van der Waals surface area contributed by atoms with Crippen LogP contribution in [0.1, 0.15) is 25.5 Å². The van der Waals surface area contributed by atoms with Crippen LogP contribution in [0.15, 0.2) is 6.07 Å². The topological polar surface area (TPSA) is 96.1 Å². The maximum absolute atomic E-state index is 12.6. The van der Waals surface area contributed by atoms with Crippen molar-refractivity contribution in [3.8, 4) is 0 Å². The van der Waals surface area contributed by atoms with E-state index < -0.39 is 18.0 Å². The van der Waals surface area contributed by atoms with Crippen LogP contribution in [0.4, 0.5) is 24.9 Å². The summed E-state index contributed by atoms with van der Waals surface area (Å²) < 4.78 is 37.7. The van der Waals surface area contributed by atoms with Crippen molar-refractivity contribution >= 4 is 11.8 Å². The Morgan fingerprint density at radius 1 is 1.42 bits per heavy atom. The van der Waals surface area contributed by atoms with Gasteiger partial charge in [0.05, 0.1) is 6.10 Å². The first-order chi connectivity index (χ1) is 8.82. The quantitative estimate of drug-likeness (QED) is 0.357. The number of rotatable bonds is 6. The minimum Gasteiger partial charge on any atom is -0.393 e. The number of hydrogen-bond donors (Lipinski definition) is 4. The molecule has 1 aromatic heterocycles. The second kappa shape index (κ2) is 6.53. The zero-order chi connectivity index (χ0) is 14.5. The second-order valence-electron chi connectivity index (χ2n) is 4.02. The van der Waals surface area contributed by atoms with E-state index in [2.05, 4.69) is 15.3 Å². The number of aliphatic hydroxyl groups excluding tert-OH is 1. The van der Waals surface area contributed by atoms with E-state index >= 15 is 0 Å². The molecule has 5 N–H and O–H groups in total. The lowest BCUT2D eigenvalue weighted by Gasteiger charge is -2.11. The van der Waals surface area contributed by atoms with Gasteiger partial charge in [-0.05, 0) is 19.8 Å². The molecule has 1 atom stereocenters. The number of nitrogens with zero attached hydrogens (tertiary/aromatic N) is 2. The molecule has 1 unspecified atom stereocenters.